The molecule has 3 aromatic rings. The van der Waals surface area contributed by atoms with Gasteiger partial charge in [-0.2, -0.15) is 0 Å². The minimum atomic E-state index is -1.52. The summed E-state index contributed by atoms with van der Waals surface area (Å²) >= 11 is 0. The van der Waals surface area contributed by atoms with Crippen LogP contribution in [0.1, 0.15) is 27.4 Å². The summed E-state index contributed by atoms with van der Waals surface area (Å²) < 4.78 is 16.0. The third-order valence-electron chi connectivity index (χ3n) is 5.93. The van der Waals surface area contributed by atoms with Crippen LogP contribution in [0.3, 0.4) is 0 Å². The number of esters is 1. The summed E-state index contributed by atoms with van der Waals surface area (Å²) in [5.74, 6) is -0.260. The minimum Gasteiger partial charge on any atom is -0.497 e. The van der Waals surface area contributed by atoms with Gasteiger partial charge in [0, 0.05) is 23.9 Å². The third kappa shape index (κ3) is 3.18. The van der Waals surface area contributed by atoms with Gasteiger partial charge >= 0.3 is 12.0 Å². The molecule has 1 saturated heterocycles. The number of ether oxygens (including phenoxy) is 2. The molecule has 10 heteroatoms. The first-order chi connectivity index (χ1) is 15.8. The number of carbonyl (C=O) groups excluding carboxylic acids is 3. The Bertz CT molecular complexity index is 1350. The molecule has 33 heavy (non-hydrogen) atoms. The molecule has 10 nitrogen and oxygen atoms in total. The van der Waals surface area contributed by atoms with Crippen molar-refractivity contribution >= 4 is 34.7 Å². The van der Waals surface area contributed by atoms with E-state index in [0.717, 1.165) is 11.1 Å². The van der Waals surface area contributed by atoms with Crippen LogP contribution in [0.15, 0.2) is 47.4 Å². The van der Waals surface area contributed by atoms with E-state index in [1.54, 1.807) is 19.2 Å². The Hall–Kier alpha value is -4.34. The van der Waals surface area contributed by atoms with E-state index >= 15 is 0 Å². The van der Waals surface area contributed by atoms with Crippen LogP contribution in [0, 0.1) is 0 Å². The maximum Gasteiger partial charge on any atom is 0.356 e. The zero-order valence-corrected chi connectivity index (χ0v) is 17.9. The fourth-order valence-electron chi connectivity index (χ4n) is 4.20. The summed E-state index contributed by atoms with van der Waals surface area (Å²) in [6.45, 7) is 4.75. The van der Waals surface area contributed by atoms with Crippen LogP contribution in [0.2, 0.25) is 0 Å². The smallest absolute Gasteiger partial charge is 0.356 e. The number of amides is 3. The number of hydrogen-bond acceptors (Lipinski definition) is 8. The zero-order valence-electron chi connectivity index (χ0n) is 17.9. The maximum atomic E-state index is 13.0. The third-order valence-corrected chi connectivity index (χ3v) is 5.93. The molecule has 2 aliphatic heterocycles. The van der Waals surface area contributed by atoms with Crippen LogP contribution in [-0.2, 0) is 21.6 Å². The Morgan fingerprint density at radius 1 is 1.24 bits per heavy atom. The van der Waals surface area contributed by atoms with E-state index in [1.807, 2.05) is 23.1 Å². The Morgan fingerprint density at radius 3 is 2.76 bits per heavy atom. The van der Waals surface area contributed by atoms with E-state index in [4.69, 9.17) is 13.9 Å². The molecule has 5 rings (SSSR count). The van der Waals surface area contributed by atoms with Crippen molar-refractivity contribution < 1.29 is 28.3 Å². The first kappa shape index (κ1) is 20.6. The van der Waals surface area contributed by atoms with Gasteiger partial charge in [-0.3, -0.25) is 10.1 Å². The predicted octanol–water partition coefficient (Wildman–Crippen LogP) is 2.14. The van der Waals surface area contributed by atoms with Gasteiger partial charge in [-0.25, -0.2) is 14.6 Å². The van der Waals surface area contributed by atoms with Crippen molar-refractivity contribution in [2.75, 3.05) is 20.8 Å². The molecular formula is C23H20N4O6. The van der Waals surface area contributed by atoms with E-state index in [0.29, 0.717) is 29.1 Å². The molecule has 1 fully saturated rings. The molecule has 2 aliphatic rings. The molecule has 0 aliphatic carbocycles. The van der Waals surface area contributed by atoms with Crippen LogP contribution in [0.4, 0.5) is 4.79 Å². The van der Waals surface area contributed by atoms with E-state index < -0.39 is 23.4 Å². The number of hydrogen-bond donors (Lipinski definition) is 2. The highest BCUT2D eigenvalue weighted by Gasteiger charge is 2.52. The molecule has 0 spiro atoms. The van der Waals surface area contributed by atoms with Gasteiger partial charge in [0.2, 0.25) is 0 Å². The van der Waals surface area contributed by atoms with Crippen LogP contribution >= 0.6 is 0 Å². The zero-order chi connectivity index (χ0) is 23.3. The van der Waals surface area contributed by atoms with Crippen molar-refractivity contribution in [3.63, 3.8) is 0 Å². The quantitative estimate of drug-likeness (QED) is 0.450. The minimum absolute atomic E-state index is 0.0735. The topological polar surface area (TPSA) is 123 Å². The molecule has 2 aromatic heterocycles. The summed E-state index contributed by atoms with van der Waals surface area (Å²) in [5, 5.41) is 5.02. The first-order valence-electron chi connectivity index (χ1n) is 10.1. The Balaban J connectivity index is 1.54. The summed E-state index contributed by atoms with van der Waals surface area (Å²) in [7, 11) is 2.85. The maximum absolute atomic E-state index is 13.0. The molecule has 1 unspecified atom stereocenters. The number of urea groups is 1. The van der Waals surface area contributed by atoms with Gasteiger partial charge in [-0.05, 0) is 29.8 Å². The number of benzene rings is 1. The number of carbonyl (C=O) groups is 3. The number of fused-ring (bicyclic) bond motifs is 2. The van der Waals surface area contributed by atoms with Crippen molar-refractivity contribution in [3.05, 3.63) is 65.6 Å². The Kier molecular flexibility index (Phi) is 4.59. The number of nitrogens with one attached hydrogen (secondary N) is 2. The van der Waals surface area contributed by atoms with Crippen LogP contribution in [0.25, 0.3) is 16.8 Å². The molecule has 1 atom stereocenters. The molecule has 0 radical (unpaired) electrons. The number of rotatable bonds is 5. The van der Waals surface area contributed by atoms with Gasteiger partial charge in [-0.1, -0.05) is 12.6 Å². The lowest BCUT2D eigenvalue weighted by Crippen LogP contribution is -2.51. The summed E-state index contributed by atoms with van der Waals surface area (Å²) in [5.41, 5.74) is 1.92. The highest BCUT2D eigenvalue weighted by atomic mass is 16.5. The largest absolute Gasteiger partial charge is 0.497 e. The molecule has 2 N–H and O–H groups in total. The van der Waals surface area contributed by atoms with Crippen LogP contribution in [0.5, 0.6) is 5.75 Å². The van der Waals surface area contributed by atoms with Crippen molar-refractivity contribution in [2.24, 2.45) is 0 Å². The monoisotopic (exact) mass is 448 g/mol. The summed E-state index contributed by atoms with van der Waals surface area (Å²) in [6, 6.07) is 9.63. The highest BCUT2D eigenvalue weighted by Crippen LogP contribution is 2.38. The number of nitrogens with zero attached hydrogens (tertiary/aromatic N) is 2. The standard InChI is InChI=1S/C23H20N4O6/c1-12-15-8-14(31-2)5-4-13(15)10-27(12)11-23(21(29)25-22(30)26-23)19-9-17-18(33-19)7-6-16(24-17)20(28)32-3/h4-9H,1,10-11H2,2-3H3,(H2,25,26,29,30). The molecule has 1 aromatic carbocycles. The van der Waals surface area contributed by atoms with Crippen LogP contribution in [-0.4, -0.2) is 48.6 Å². The molecule has 0 bridgehead atoms. The molecular weight excluding hydrogens is 428 g/mol. The first-order valence-corrected chi connectivity index (χ1v) is 10.1. The number of furan rings is 1. The molecule has 4 heterocycles. The lowest BCUT2D eigenvalue weighted by molar-refractivity contribution is -0.125. The molecule has 3 amide bonds. The van der Waals surface area contributed by atoms with Crippen molar-refractivity contribution in [1.82, 2.24) is 20.5 Å². The molecule has 0 saturated carbocycles. The van der Waals surface area contributed by atoms with Crippen molar-refractivity contribution in [2.45, 2.75) is 12.1 Å². The number of imide groups is 1. The fraction of sp³-hybridized carbons (Fsp3) is 0.217. The number of pyridine rings is 1. The van der Waals surface area contributed by atoms with Gasteiger partial charge in [0.05, 0.1) is 20.8 Å². The lowest BCUT2D eigenvalue weighted by atomic mass is 9.95. The van der Waals surface area contributed by atoms with Gasteiger partial charge in [0.1, 0.15) is 22.7 Å². The van der Waals surface area contributed by atoms with Crippen LogP contribution < -0.4 is 15.4 Å². The van der Waals surface area contributed by atoms with Crippen molar-refractivity contribution in [1.29, 1.82) is 0 Å². The Morgan fingerprint density at radius 2 is 2.06 bits per heavy atom. The van der Waals surface area contributed by atoms with Crippen molar-refractivity contribution in [3.8, 4) is 5.75 Å². The summed E-state index contributed by atoms with van der Waals surface area (Å²) in [4.78, 5) is 43.2. The second-order valence-electron chi connectivity index (χ2n) is 7.82. The average molecular weight is 448 g/mol. The number of aromatic nitrogens is 1. The molecule has 168 valence electrons. The van der Waals surface area contributed by atoms with E-state index in [-0.39, 0.29) is 18.0 Å². The van der Waals surface area contributed by atoms with Gasteiger partial charge in [0.25, 0.3) is 5.91 Å². The normalized spacial score (nSPS) is 19.5. The van der Waals surface area contributed by atoms with Gasteiger partial charge < -0.3 is 24.1 Å². The highest BCUT2D eigenvalue weighted by molar-refractivity contribution is 6.07. The SMILES string of the molecule is C=C1c2cc(OC)ccc2CN1CC1(c2cc3nc(C(=O)OC)ccc3o2)NC(=O)NC1=O. The van der Waals surface area contributed by atoms with E-state index in [9.17, 15) is 14.4 Å². The Labute approximate surface area is 188 Å². The van der Waals surface area contributed by atoms with E-state index in [2.05, 4.69) is 22.2 Å². The average Bonchev–Trinajstić information content (AvgIpc) is 3.46. The summed E-state index contributed by atoms with van der Waals surface area (Å²) in [6.07, 6.45) is 0. The van der Waals surface area contributed by atoms with E-state index in [1.165, 1.54) is 13.2 Å². The number of methoxy groups -OCH3 is 2. The fourth-order valence-corrected chi connectivity index (χ4v) is 4.20. The second-order valence-corrected chi connectivity index (χ2v) is 7.82. The van der Waals surface area contributed by atoms with Gasteiger partial charge in [-0.15, -0.1) is 0 Å². The van der Waals surface area contributed by atoms with Gasteiger partial charge in [0.15, 0.2) is 11.1 Å². The second kappa shape index (κ2) is 7.37. The predicted molar refractivity (Wildman–Crippen MR) is 116 cm³/mol. The lowest BCUT2D eigenvalue weighted by Gasteiger charge is -2.30.